The molecule has 0 unspecified atom stereocenters. The summed E-state index contributed by atoms with van der Waals surface area (Å²) in [5.74, 6) is -0.290. The first-order valence-electron chi connectivity index (χ1n) is 12.4. The Hall–Kier alpha value is -3.14. The number of ether oxygens (including phenoxy) is 1. The molecule has 37 heavy (non-hydrogen) atoms. The molecule has 1 atom stereocenters. The molecule has 0 aliphatic carbocycles. The van der Waals surface area contributed by atoms with Crippen molar-refractivity contribution in [2.75, 3.05) is 30.3 Å². The quantitative estimate of drug-likeness (QED) is 0.395. The minimum atomic E-state index is -3.65. The number of sulfonamides is 1. The van der Waals surface area contributed by atoms with Gasteiger partial charge in [0, 0.05) is 26.1 Å². The zero-order valence-electron chi connectivity index (χ0n) is 22.2. The van der Waals surface area contributed by atoms with Crippen molar-refractivity contribution in [2.45, 2.75) is 53.1 Å². The van der Waals surface area contributed by atoms with E-state index in [0.29, 0.717) is 30.2 Å². The van der Waals surface area contributed by atoms with Crippen LogP contribution < -0.4 is 14.4 Å². The molecule has 0 aliphatic rings. The van der Waals surface area contributed by atoms with E-state index in [9.17, 15) is 22.4 Å². The van der Waals surface area contributed by atoms with E-state index >= 15 is 0 Å². The van der Waals surface area contributed by atoms with Gasteiger partial charge in [-0.25, -0.2) is 12.8 Å². The van der Waals surface area contributed by atoms with Crippen LogP contribution in [0.25, 0.3) is 0 Å². The van der Waals surface area contributed by atoms with E-state index in [0.717, 1.165) is 6.26 Å². The predicted molar refractivity (Wildman–Crippen MR) is 143 cm³/mol. The third-order valence-corrected chi connectivity index (χ3v) is 6.88. The Bertz CT molecular complexity index is 1140. The number of hydrogen-bond acceptors (Lipinski definition) is 5. The minimum Gasteiger partial charge on any atom is -0.492 e. The van der Waals surface area contributed by atoms with E-state index in [4.69, 9.17) is 4.74 Å². The Kier molecular flexibility index (Phi) is 11.4. The highest BCUT2D eigenvalue weighted by Crippen LogP contribution is 2.30. The van der Waals surface area contributed by atoms with Crippen LogP contribution in [0.15, 0.2) is 48.5 Å². The smallest absolute Gasteiger partial charge is 0.242 e. The minimum absolute atomic E-state index is 0.0197. The molecule has 8 nitrogen and oxygen atoms in total. The van der Waals surface area contributed by atoms with Crippen LogP contribution in [-0.2, 0) is 26.2 Å². The molecular formula is C27H38FN3O5S. The van der Waals surface area contributed by atoms with Crippen LogP contribution in [0, 0.1) is 11.7 Å². The summed E-state index contributed by atoms with van der Waals surface area (Å²) in [5, 5.41) is 2.85. The molecular weight excluding hydrogens is 497 g/mol. The molecule has 2 rings (SSSR count). The summed E-state index contributed by atoms with van der Waals surface area (Å²) >= 11 is 0. The van der Waals surface area contributed by atoms with Crippen LogP contribution in [0.3, 0.4) is 0 Å². The van der Waals surface area contributed by atoms with Crippen LogP contribution in [-0.4, -0.2) is 57.1 Å². The van der Waals surface area contributed by atoms with E-state index in [1.807, 2.05) is 20.8 Å². The number of rotatable bonds is 14. The summed E-state index contributed by atoms with van der Waals surface area (Å²) in [7, 11) is -3.65. The number of para-hydroxylation sites is 2. The van der Waals surface area contributed by atoms with Crippen molar-refractivity contribution in [3.05, 3.63) is 59.9 Å². The van der Waals surface area contributed by atoms with Gasteiger partial charge in [0.1, 0.15) is 17.6 Å². The zero-order chi connectivity index (χ0) is 27.6. The van der Waals surface area contributed by atoms with E-state index in [1.165, 1.54) is 21.3 Å². The fraction of sp³-hybridized carbons (Fsp3) is 0.481. The average molecular weight is 536 g/mol. The van der Waals surface area contributed by atoms with Crippen LogP contribution in [0.1, 0.15) is 46.1 Å². The number of carbonyl (C=O) groups excluding carboxylic acids is 2. The van der Waals surface area contributed by atoms with Crippen LogP contribution >= 0.6 is 0 Å². The first-order chi connectivity index (χ1) is 17.4. The summed E-state index contributed by atoms with van der Waals surface area (Å²) in [4.78, 5) is 27.5. The van der Waals surface area contributed by atoms with Gasteiger partial charge in [-0.15, -0.1) is 0 Å². The third kappa shape index (κ3) is 9.35. The van der Waals surface area contributed by atoms with Gasteiger partial charge in [0.2, 0.25) is 21.8 Å². The molecule has 0 saturated heterocycles. The van der Waals surface area contributed by atoms with Gasteiger partial charge in [0.15, 0.2) is 0 Å². The number of hydrogen-bond donors (Lipinski definition) is 1. The average Bonchev–Trinajstić information content (AvgIpc) is 2.84. The Morgan fingerprint density at radius 2 is 1.70 bits per heavy atom. The lowest BCUT2D eigenvalue weighted by molar-refractivity contribution is -0.140. The molecule has 0 bridgehead atoms. The molecule has 0 radical (unpaired) electrons. The fourth-order valence-electron chi connectivity index (χ4n) is 3.74. The molecule has 204 valence electrons. The summed E-state index contributed by atoms with van der Waals surface area (Å²) in [6, 6.07) is 11.8. The number of amides is 2. The highest BCUT2D eigenvalue weighted by Gasteiger charge is 2.27. The molecule has 1 N–H and O–H groups in total. The lowest BCUT2D eigenvalue weighted by Gasteiger charge is -2.30. The molecule has 0 aromatic heterocycles. The normalized spacial score (nSPS) is 12.2. The maximum Gasteiger partial charge on any atom is 0.242 e. The Morgan fingerprint density at radius 1 is 1.05 bits per heavy atom. The Balaban J connectivity index is 2.19. The first-order valence-corrected chi connectivity index (χ1v) is 14.3. The molecule has 2 aromatic rings. The number of anilines is 1. The van der Waals surface area contributed by atoms with Gasteiger partial charge in [-0.05, 0) is 56.0 Å². The second-order valence-corrected chi connectivity index (χ2v) is 11.2. The topological polar surface area (TPSA) is 96.0 Å². The van der Waals surface area contributed by atoms with Crippen molar-refractivity contribution in [1.82, 2.24) is 10.2 Å². The van der Waals surface area contributed by atoms with Crippen LogP contribution in [0.4, 0.5) is 10.1 Å². The predicted octanol–water partition coefficient (Wildman–Crippen LogP) is 3.96. The lowest BCUT2D eigenvalue weighted by Crippen LogP contribution is -2.48. The number of benzene rings is 2. The van der Waals surface area contributed by atoms with Crippen LogP contribution in [0.5, 0.6) is 5.75 Å². The Labute approximate surface area is 219 Å². The lowest BCUT2D eigenvalue weighted by atomic mass is 10.1. The monoisotopic (exact) mass is 535 g/mol. The third-order valence-electron chi connectivity index (χ3n) is 5.70. The van der Waals surface area contributed by atoms with Crippen molar-refractivity contribution in [2.24, 2.45) is 5.92 Å². The van der Waals surface area contributed by atoms with Gasteiger partial charge < -0.3 is 15.0 Å². The van der Waals surface area contributed by atoms with Crippen LogP contribution in [0.2, 0.25) is 0 Å². The van der Waals surface area contributed by atoms with Crippen molar-refractivity contribution < 1.29 is 27.1 Å². The van der Waals surface area contributed by atoms with Gasteiger partial charge in [0.25, 0.3) is 0 Å². The number of nitrogens with one attached hydrogen (secondary N) is 1. The molecule has 0 fully saturated rings. The van der Waals surface area contributed by atoms with E-state index in [-0.39, 0.29) is 43.7 Å². The SMILES string of the molecule is CCOc1ccccc1N(CCCC(=O)N(Cc1ccc(F)cc1)[C@@H](C)C(=O)NCC(C)C)S(C)(=O)=O. The van der Waals surface area contributed by atoms with Crippen molar-refractivity contribution >= 4 is 27.5 Å². The van der Waals surface area contributed by atoms with Crippen molar-refractivity contribution in [3.63, 3.8) is 0 Å². The summed E-state index contributed by atoms with van der Waals surface area (Å²) in [5.41, 5.74) is 1.09. The molecule has 0 spiro atoms. The second-order valence-electron chi connectivity index (χ2n) is 9.30. The van der Waals surface area contributed by atoms with E-state index in [1.54, 1.807) is 43.3 Å². The zero-order valence-corrected chi connectivity index (χ0v) is 23.1. The van der Waals surface area contributed by atoms with Gasteiger partial charge >= 0.3 is 0 Å². The fourth-order valence-corrected chi connectivity index (χ4v) is 4.71. The molecule has 2 amide bonds. The van der Waals surface area contributed by atoms with E-state index in [2.05, 4.69) is 5.32 Å². The Morgan fingerprint density at radius 3 is 2.30 bits per heavy atom. The van der Waals surface area contributed by atoms with E-state index < -0.39 is 21.9 Å². The molecule has 10 heteroatoms. The first kappa shape index (κ1) is 30.1. The van der Waals surface area contributed by atoms with Gasteiger partial charge in [-0.2, -0.15) is 0 Å². The highest BCUT2D eigenvalue weighted by atomic mass is 32.2. The molecule has 0 aliphatic heterocycles. The summed E-state index contributed by atoms with van der Waals surface area (Å²) < 4.78 is 45.4. The summed E-state index contributed by atoms with van der Waals surface area (Å²) in [6.45, 7) is 8.46. The van der Waals surface area contributed by atoms with Gasteiger partial charge in [0.05, 0.1) is 18.6 Å². The van der Waals surface area contributed by atoms with Crippen molar-refractivity contribution in [3.8, 4) is 5.75 Å². The highest BCUT2D eigenvalue weighted by molar-refractivity contribution is 7.92. The maximum absolute atomic E-state index is 13.4. The number of carbonyl (C=O) groups is 2. The number of halogens is 1. The number of nitrogens with zero attached hydrogens (tertiary/aromatic N) is 2. The maximum atomic E-state index is 13.4. The second kappa shape index (κ2) is 14.0. The van der Waals surface area contributed by atoms with Gasteiger partial charge in [-0.1, -0.05) is 38.1 Å². The molecule has 0 heterocycles. The molecule has 2 aromatic carbocycles. The largest absolute Gasteiger partial charge is 0.492 e. The summed E-state index contributed by atoms with van der Waals surface area (Å²) in [6.07, 6.45) is 1.36. The van der Waals surface area contributed by atoms with Gasteiger partial charge in [-0.3, -0.25) is 13.9 Å². The standard InChI is InChI=1S/C27H38FN3O5S/c1-6-36-25-11-8-7-10-24(25)31(37(5,34)35)17-9-12-26(32)30(19-22-13-15-23(28)16-14-22)21(4)27(33)29-18-20(2)3/h7-8,10-11,13-16,20-21H,6,9,12,17-19H2,1-5H3,(H,29,33)/t21-/m0/s1. The molecule has 0 saturated carbocycles. The van der Waals surface area contributed by atoms with Crippen molar-refractivity contribution in [1.29, 1.82) is 0 Å².